The molecule has 0 aliphatic heterocycles. The molecule has 0 aliphatic rings. The minimum atomic E-state index is -0.798. The molecule has 3 N–H and O–H groups in total. The van der Waals surface area contributed by atoms with Gasteiger partial charge < -0.3 is 15.4 Å². The van der Waals surface area contributed by atoms with Crippen LogP contribution in [0.2, 0.25) is 5.02 Å². The number of aliphatic hydroxyl groups is 1. The molecule has 0 fully saturated rings. The van der Waals surface area contributed by atoms with Crippen molar-refractivity contribution >= 4 is 17.4 Å². The van der Waals surface area contributed by atoms with E-state index in [-0.39, 0.29) is 5.02 Å². The molecule has 0 radical (unpaired) electrons. The number of anilines is 1. The number of hydrogen-bond acceptors (Lipinski definition) is 4. The summed E-state index contributed by atoms with van der Waals surface area (Å²) < 4.78 is 0. The van der Waals surface area contributed by atoms with Gasteiger partial charge in [0.1, 0.15) is 5.02 Å². The first-order valence-corrected chi connectivity index (χ1v) is 5.59. The van der Waals surface area contributed by atoms with E-state index >= 15 is 0 Å². The maximum Gasteiger partial charge on any atom is 0.271 e. The average molecular weight is 246 g/mol. The summed E-state index contributed by atoms with van der Waals surface area (Å²) in [6, 6.07) is 0. The molecule has 16 heavy (non-hydrogen) atoms. The van der Waals surface area contributed by atoms with Crippen LogP contribution in [-0.2, 0) is 0 Å². The van der Waals surface area contributed by atoms with Crippen LogP contribution < -0.4 is 10.9 Å². The molecule has 1 aromatic heterocycles. The molecule has 0 bridgehead atoms. The van der Waals surface area contributed by atoms with E-state index in [0.717, 1.165) is 0 Å². The summed E-state index contributed by atoms with van der Waals surface area (Å²) in [5.41, 5.74) is -1.19. The van der Waals surface area contributed by atoms with Gasteiger partial charge in [-0.1, -0.05) is 25.4 Å². The summed E-state index contributed by atoms with van der Waals surface area (Å²) >= 11 is 5.76. The van der Waals surface area contributed by atoms with E-state index in [4.69, 9.17) is 11.6 Å². The van der Waals surface area contributed by atoms with Crippen LogP contribution in [0, 0.1) is 0 Å². The molecule has 90 valence electrons. The number of rotatable bonds is 5. The van der Waals surface area contributed by atoms with E-state index in [1.807, 2.05) is 13.8 Å². The molecule has 0 aromatic carbocycles. The smallest absolute Gasteiger partial charge is 0.271 e. The van der Waals surface area contributed by atoms with E-state index in [0.29, 0.717) is 25.2 Å². The Morgan fingerprint density at radius 2 is 2.19 bits per heavy atom. The van der Waals surface area contributed by atoms with Gasteiger partial charge in [0.25, 0.3) is 5.56 Å². The first-order chi connectivity index (χ1) is 7.52. The molecule has 0 spiro atoms. The second kappa shape index (κ2) is 5.32. The van der Waals surface area contributed by atoms with Crippen molar-refractivity contribution in [1.29, 1.82) is 0 Å². The Bertz CT molecular complexity index is 401. The van der Waals surface area contributed by atoms with Crippen molar-refractivity contribution < 1.29 is 5.11 Å². The molecule has 0 saturated carbocycles. The van der Waals surface area contributed by atoms with Crippen LogP contribution in [0.15, 0.2) is 11.1 Å². The summed E-state index contributed by atoms with van der Waals surface area (Å²) in [6.45, 7) is 4.12. The lowest BCUT2D eigenvalue weighted by Crippen LogP contribution is -2.36. The number of hydrogen-bond donors (Lipinski definition) is 3. The van der Waals surface area contributed by atoms with Crippen molar-refractivity contribution in [3.8, 4) is 0 Å². The molecule has 0 aliphatic carbocycles. The Labute approximate surface area is 98.9 Å². The molecular weight excluding hydrogens is 230 g/mol. The van der Waals surface area contributed by atoms with E-state index in [9.17, 15) is 9.90 Å². The van der Waals surface area contributed by atoms with Crippen LogP contribution in [0.1, 0.15) is 26.7 Å². The monoisotopic (exact) mass is 245 g/mol. The number of H-pyrrole nitrogens is 1. The zero-order valence-electron chi connectivity index (χ0n) is 9.38. The predicted octanol–water partition coefficient (Wildman–Crippen LogP) is 1.39. The van der Waals surface area contributed by atoms with Crippen molar-refractivity contribution in [2.75, 3.05) is 11.9 Å². The number of halogens is 1. The van der Waals surface area contributed by atoms with Gasteiger partial charge in [0, 0.05) is 6.54 Å². The second-order valence-electron chi connectivity index (χ2n) is 3.68. The van der Waals surface area contributed by atoms with E-state index in [2.05, 4.69) is 15.3 Å². The fourth-order valence-electron chi connectivity index (χ4n) is 1.25. The van der Waals surface area contributed by atoms with Gasteiger partial charge in [0.15, 0.2) is 5.82 Å². The van der Waals surface area contributed by atoms with Gasteiger partial charge in [-0.2, -0.15) is 0 Å². The van der Waals surface area contributed by atoms with Gasteiger partial charge in [0.2, 0.25) is 0 Å². The molecule has 0 saturated heterocycles. The summed E-state index contributed by atoms with van der Waals surface area (Å²) in [5, 5.41) is 12.9. The average Bonchev–Trinajstić information content (AvgIpc) is 2.31. The lowest BCUT2D eigenvalue weighted by atomic mass is 9.98. The molecule has 6 heteroatoms. The van der Waals surface area contributed by atoms with Gasteiger partial charge in [-0.25, -0.2) is 4.98 Å². The third-order valence-corrected chi connectivity index (χ3v) is 3.05. The minimum Gasteiger partial charge on any atom is -0.388 e. The van der Waals surface area contributed by atoms with Crippen LogP contribution in [-0.4, -0.2) is 27.2 Å². The van der Waals surface area contributed by atoms with Crippen LogP contribution in [0.5, 0.6) is 0 Å². The third kappa shape index (κ3) is 2.96. The molecular formula is C10H16ClN3O2. The van der Waals surface area contributed by atoms with Crippen molar-refractivity contribution in [2.24, 2.45) is 0 Å². The Morgan fingerprint density at radius 1 is 1.56 bits per heavy atom. The first kappa shape index (κ1) is 13.0. The van der Waals surface area contributed by atoms with Gasteiger partial charge in [-0.3, -0.25) is 4.79 Å². The predicted molar refractivity (Wildman–Crippen MR) is 63.9 cm³/mol. The highest BCUT2D eigenvalue weighted by atomic mass is 35.5. The summed E-state index contributed by atoms with van der Waals surface area (Å²) in [6.07, 6.45) is 2.52. The van der Waals surface area contributed by atoms with Gasteiger partial charge in [0.05, 0.1) is 11.9 Å². The highest BCUT2D eigenvalue weighted by molar-refractivity contribution is 6.32. The summed E-state index contributed by atoms with van der Waals surface area (Å²) in [5.74, 6) is 0.297. The molecule has 0 unspecified atom stereocenters. The normalized spacial score (nSPS) is 11.5. The minimum absolute atomic E-state index is 0.0112. The fraction of sp³-hybridized carbons (Fsp3) is 0.600. The van der Waals surface area contributed by atoms with E-state index < -0.39 is 11.2 Å². The maximum absolute atomic E-state index is 11.2. The van der Waals surface area contributed by atoms with E-state index in [1.165, 1.54) is 6.33 Å². The SMILES string of the molecule is CCC(O)(CC)CNc1nc[nH]c(=O)c1Cl. The van der Waals surface area contributed by atoms with Crippen molar-refractivity contribution in [1.82, 2.24) is 9.97 Å². The second-order valence-corrected chi connectivity index (χ2v) is 4.06. The van der Waals surface area contributed by atoms with Crippen molar-refractivity contribution in [3.05, 3.63) is 21.7 Å². The summed E-state index contributed by atoms with van der Waals surface area (Å²) in [7, 11) is 0. The quantitative estimate of drug-likeness (QED) is 0.733. The van der Waals surface area contributed by atoms with Crippen LogP contribution in [0.4, 0.5) is 5.82 Å². The van der Waals surface area contributed by atoms with Crippen molar-refractivity contribution in [3.63, 3.8) is 0 Å². The highest BCUT2D eigenvalue weighted by Crippen LogP contribution is 2.18. The Kier molecular flexibility index (Phi) is 4.32. The van der Waals surface area contributed by atoms with Crippen LogP contribution in [0.3, 0.4) is 0 Å². The Morgan fingerprint density at radius 3 is 2.75 bits per heavy atom. The molecule has 0 atom stereocenters. The zero-order valence-corrected chi connectivity index (χ0v) is 10.1. The standard InChI is InChI=1S/C10H16ClN3O2/c1-3-10(16,4-2)5-12-8-7(11)9(15)14-6-13-8/h6,16H,3-5H2,1-2H3,(H2,12,13,14,15). The first-order valence-electron chi connectivity index (χ1n) is 5.22. The van der Waals surface area contributed by atoms with Gasteiger partial charge >= 0.3 is 0 Å². The van der Waals surface area contributed by atoms with E-state index in [1.54, 1.807) is 0 Å². The Balaban J connectivity index is 2.75. The molecule has 1 aromatic rings. The number of aromatic nitrogens is 2. The zero-order chi connectivity index (χ0) is 12.2. The molecule has 1 rings (SSSR count). The number of nitrogens with zero attached hydrogens (tertiary/aromatic N) is 1. The summed E-state index contributed by atoms with van der Waals surface area (Å²) in [4.78, 5) is 17.4. The number of aromatic amines is 1. The molecule has 0 amide bonds. The third-order valence-electron chi connectivity index (χ3n) is 2.70. The Hall–Kier alpha value is -1.07. The van der Waals surface area contributed by atoms with Crippen molar-refractivity contribution in [2.45, 2.75) is 32.3 Å². The van der Waals surface area contributed by atoms with Gasteiger partial charge in [-0.15, -0.1) is 0 Å². The van der Waals surface area contributed by atoms with Crippen LogP contribution >= 0.6 is 11.6 Å². The number of nitrogens with one attached hydrogen (secondary N) is 2. The molecule has 1 heterocycles. The highest BCUT2D eigenvalue weighted by Gasteiger charge is 2.22. The largest absolute Gasteiger partial charge is 0.388 e. The molecule has 5 nitrogen and oxygen atoms in total. The fourth-order valence-corrected chi connectivity index (χ4v) is 1.42. The lowest BCUT2D eigenvalue weighted by molar-refractivity contribution is 0.0456. The topological polar surface area (TPSA) is 78.0 Å². The lowest BCUT2D eigenvalue weighted by Gasteiger charge is -2.25. The van der Waals surface area contributed by atoms with Gasteiger partial charge in [-0.05, 0) is 12.8 Å². The maximum atomic E-state index is 11.2. The van der Waals surface area contributed by atoms with Crippen LogP contribution in [0.25, 0.3) is 0 Å².